The van der Waals surface area contributed by atoms with Crippen molar-refractivity contribution in [2.45, 2.75) is 51.5 Å². The first-order chi connectivity index (χ1) is 10.3. The third-order valence-corrected chi connectivity index (χ3v) is 4.33. The molecule has 0 heterocycles. The van der Waals surface area contributed by atoms with E-state index < -0.39 is 0 Å². The van der Waals surface area contributed by atoms with Gasteiger partial charge in [-0.05, 0) is 56.7 Å². The molecule has 1 nitrogen and oxygen atoms in total. The lowest BCUT2D eigenvalue weighted by atomic mass is 10.0. The van der Waals surface area contributed by atoms with Crippen molar-refractivity contribution in [3.63, 3.8) is 0 Å². The smallest absolute Gasteiger partial charge is 0.123 e. The molecule has 0 saturated heterocycles. The molecule has 22 heavy (non-hydrogen) atoms. The van der Waals surface area contributed by atoms with Gasteiger partial charge in [-0.1, -0.05) is 49.2 Å². The summed E-state index contributed by atoms with van der Waals surface area (Å²) in [4.78, 5) is 0. The van der Waals surface area contributed by atoms with Crippen LogP contribution < -0.4 is 0 Å². The van der Waals surface area contributed by atoms with Crippen molar-refractivity contribution >= 4 is 18.5 Å². The first-order valence-corrected chi connectivity index (χ1v) is 9.03. The third-order valence-electron chi connectivity index (χ3n) is 3.59. The lowest BCUT2D eigenvalue weighted by Crippen LogP contribution is -2.21. The lowest BCUT2D eigenvalue weighted by molar-refractivity contribution is 0.0775. The Morgan fingerprint density at radius 1 is 1.23 bits per heavy atom. The van der Waals surface area contributed by atoms with Crippen LogP contribution in [0.25, 0.3) is 0 Å². The molecule has 124 valence electrons. The minimum absolute atomic E-state index is 0.201. The summed E-state index contributed by atoms with van der Waals surface area (Å²) in [6.07, 6.45) is 6.43. The molecule has 0 spiro atoms. The Morgan fingerprint density at radius 3 is 2.45 bits per heavy atom. The normalized spacial score (nSPS) is 13.0. The molecular weight excluding hydrogens is 313 g/mol. The largest absolute Gasteiger partial charge is 0.367 e. The van der Waals surface area contributed by atoms with Gasteiger partial charge in [-0.2, -0.15) is 0 Å². The second-order valence-corrected chi connectivity index (χ2v) is 8.98. The molecule has 0 aliphatic rings. The van der Waals surface area contributed by atoms with E-state index in [0.717, 1.165) is 31.4 Å². The molecule has 2 unspecified atom stereocenters. The van der Waals surface area contributed by atoms with Crippen LogP contribution in [0.15, 0.2) is 35.9 Å². The molecule has 1 aromatic rings. The Bertz CT molecular complexity index is 464. The highest BCUT2D eigenvalue weighted by Crippen LogP contribution is 2.33. The zero-order valence-electron chi connectivity index (χ0n) is 13.9. The van der Waals surface area contributed by atoms with Gasteiger partial charge in [0.25, 0.3) is 0 Å². The van der Waals surface area contributed by atoms with Crippen molar-refractivity contribution in [2.75, 3.05) is 6.61 Å². The van der Waals surface area contributed by atoms with Crippen LogP contribution >= 0.6 is 18.5 Å². The topological polar surface area (TPSA) is 9.23 Å². The van der Waals surface area contributed by atoms with Crippen molar-refractivity contribution < 1.29 is 9.13 Å². The Kier molecular flexibility index (Phi) is 8.77. The van der Waals surface area contributed by atoms with Crippen LogP contribution in [0.4, 0.5) is 4.39 Å². The van der Waals surface area contributed by atoms with Crippen LogP contribution in [-0.4, -0.2) is 11.7 Å². The van der Waals surface area contributed by atoms with E-state index >= 15 is 0 Å². The summed E-state index contributed by atoms with van der Waals surface area (Å²) in [5.41, 5.74) is 2.46. The van der Waals surface area contributed by atoms with Gasteiger partial charge in [0.15, 0.2) is 0 Å². The van der Waals surface area contributed by atoms with Gasteiger partial charge >= 0.3 is 0 Å². The standard InChI is InChI=1S/C18H29FOP2/c1-14(2)5-4-6-15(3)11-12-20-18(21,22)13-16-7-9-17(19)10-8-16/h5,7-10,15H,4,6,11-13,21-22H2,1-3H3/t15-/m0/s1. The Hall–Kier alpha value is -0.290. The van der Waals surface area contributed by atoms with Crippen LogP contribution in [0.3, 0.4) is 0 Å². The molecule has 0 fully saturated rings. The zero-order chi connectivity index (χ0) is 16.6. The summed E-state index contributed by atoms with van der Waals surface area (Å²) < 4.78 is 18.9. The van der Waals surface area contributed by atoms with E-state index in [4.69, 9.17) is 4.74 Å². The van der Waals surface area contributed by atoms with Gasteiger partial charge in [-0.3, -0.25) is 0 Å². The molecule has 0 N–H and O–H groups in total. The number of hydrogen-bond donors (Lipinski definition) is 0. The predicted octanol–water partition coefficient (Wildman–Crippen LogP) is 5.56. The van der Waals surface area contributed by atoms with E-state index in [1.54, 1.807) is 0 Å². The zero-order valence-corrected chi connectivity index (χ0v) is 16.2. The van der Waals surface area contributed by atoms with Crippen LogP contribution in [0.5, 0.6) is 0 Å². The fourth-order valence-electron chi connectivity index (χ4n) is 2.22. The van der Waals surface area contributed by atoms with E-state index in [0.29, 0.717) is 5.92 Å². The van der Waals surface area contributed by atoms with Gasteiger partial charge in [0.2, 0.25) is 0 Å². The summed E-state index contributed by atoms with van der Waals surface area (Å²) in [7, 11) is 5.49. The molecule has 3 atom stereocenters. The highest BCUT2D eigenvalue weighted by molar-refractivity contribution is 7.39. The number of allylic oxidation sites excluding steroid dienone is 2. The van der Waals surface area contributed by atoms with Crippen molar-refractivity contribution in [2.24, 2.45) is 5.92 Å². The first-order valence-electron chi connectivity index (χ1n) is 7.88. The minimum Gasteiger partial charge on any atom is -0.367 e. The Balaban J connectivity index is 2.30. The maximum Gasteiger partial charge on any atom is 0.123 e. The van der Waals surface area contributed by atoms with E-state index in [2.05, 4.69) is 45.3 Å². The van der Waals surface area contributed by atoms with Crippen LogP contribution in [0.1, 0.15) is 45.6 Å². The Morgan fingerprint density at radius 2 is 1.86 bits per heavy atom. The molecule has 0 saturated carbocycles. The number of ether oxygens (including phenoxy) is 1. The van der Waals surface area contributed by atoms with Gasteiger partial charge in [-0.25, -0.2) is 4.39 Å². The molecular formula is C18H29FOP2. The molecule has 1 rings (SSSR count). The van der Waals surface area contributed by atoms with E-state index in [-0.39, 0.29) is 10.9 Å². The quantitative estimate of drug-likeness (QED) is 0.422. The maximum absolute atomic E-state index is 12.9. The van der Waals surface area contributed by atoms with Crippen molar-refractivity contribution in [1.82, 2.24) is 0 Å². The summed E-state index contributed by atoms with van der Waals surface area (Å²) in [5.74, 6) is 0.459. The highest BCUT2D eigenvalue weighted by atomic mass is 31.1. The van der Waals surface area contributed by atoms with Crippen LogP contribution in [0, 0.1) is 11.7 Å². The van der Waals surface area contributed by atoms with E-state index in [9.17, 15) is 4.39 Å². The summed E-state index contributed by atoms with van der Waals surface area (Å²) >= 11 is 0. The van der Waals surface area contributed by atoms with Gasteiger partial charge in [0, 0.05) is 13.0 Å². The van der Waals surface area contributed by atoms with Crippen molar-refractivity contribution in [3.05, 3.63) is 47.3 Å². The predicted molar refractivity (Wildman–Crippen MR) is 101 cm³/mol. The summed E-state index contributed by atoms with van der Waals surface area (Å²) in [5, 5.41) is -0.378. The summed E-state index contributed by atoms with van der Waals surface area (Å²) in [6, 6.07) is 6.60. The first kappa shape index (κ1) is 19.8. The molecule has 4 heteroatoms. The molecule has 0 aliphatic carbocycles. The van der Waals surface area contributed by atoms with Crippen LogP contribution in [-0.2, 0) is 11.2 Å². The maximum atomic E-state index is 12.9. The molecule has 0 radical (unpaired) electrons. The van der Waals surface area contributed by atoms with Crippen LogP contribution in [0.2, 0.25) is 0 Å². The van der Waals surface area contributed by atoms with E-state index in [1.165, 1.54) is 24.1 Å². The molecule has 0 aliphatic heterocycles. The fraction of sp³-hybridized carbons (Fsp3) is 0.556. The average Bonchev–Trinajstić information content (AvgIpc) is 2.40. The SMILES string of the molecule is CC(C)=CCC[C@H](C)CCOC(P)(P)Cc1ccc(F)cc1. The number of benzene rings is 1. The highest BCUT2D eigenvalue weighted by Gasteiger charge is 2.19. The second kappa shape index (κ2) is 9.76. The monoisotopic (exact) mass is 342 g/mol. The molecule has 0 aromatic heterocycles. The van der Waals surface area contributed by atoms with Gasteiger partial charge in [-0.15, -0.1) is 0 Å². The molecule has 0 bridgehead atoms. The Labute approximate surface area is 139 Å². The second-order valence-electron chi connectivity index (χ2n) is 6.36. The third kappa shape index (κ3) is 8.99. The number of halogens is 1. The minimum atomic E-state index is -0.378. The molecule has 0 amide bonds. The van der Waals surface area contributed by atoms with Crippen molar-refractivity contribution in [1.29, 1.82) is 0 Å². The molecule has 1 aromatic carbocycles. The number of rotatable bonds is 9. The van der Waals surface area contributed by atoms with Gasteiger partial charge < -0.3 is 4.74 Å². The van der Waals surface area contributed by atoms with E-state index in [1.807, 2.05) is 12.1 Å². The van der Waals surface area contributed by atoms with Crippen molar-refractivity contribution in [3.8, 4) is 0 Å². The van der Waals surface area contributed by atoms with Gasteiger partial charge in [0.05, 0.1) is 5.08 Å². The number of hydrogen-bond acceptors (Lipinski definition) is 1. The fourth-order valence-corrected chi connectivity index (χ4v) is 2.93. The summed E-state index contributed by atoms with van der Waals surface area (Å²) in [6.45, 7) is 7.29. The lowest BCUT2D eigenvalue weighted by Gasteiger charge is -2.26. The van der Waals surface area contributed by atoms with Gasteiger partial charge in [0.1, 0.15) is 5.82 Å². The average molecular weight is 342 g/mol.